The molecular weight excluding hydrogens is 250 g/mol. The van der Waals surface area contributed by atoms with Gasteiger partial charge < -0.3 is 9.84 Å². The van der Waals surface area contributed by atoms with E-state index in [9.17, 15) is 5.11 Å². The molecule has 1 aliphatic rings. The van der Waals surface area contributed by atoms with Crippen LogP contribution >= 0.6 is 11.8 Å². The van der Waals surface area contributed by atoms with Crippen molar-refractivity contribution in [2.75, 3.05) is 0 Å². The average Bonchev–Trinajstić information content (AvgIpc) is 2.37. The molecule has 1 N–H and O–H groups in total. The molecule has 1 fully saturated rings. The van der Waals surface area contributed by atoms with Crippen LogP contribution in [0.5, 0.6) is 0 Å². The van der Waals surface area contributed by atoms with Crippen molar-refractivity contribution in [2.24, 2.45) is 5.11 Å². The number of nitrogens with zero attached hydrogens (tertiary/aromatic N) is 3. The summed E-state index contributed by atoms with van der Waals surface area (Å²) in [6.45, 7) is 1.79. The Morgan fingerprint density at radius 2 is 2.17 bits per heavy atom. The van der Waals surface area contributed by atoms with Gasteiger partial charge in [-0.2, -0.15) is 0 Å². The zero-order chi connectivity index (χ0) is 13.0. The van der Waals surface area contributed by atoms with Crippen molar-refractivity contribution < 1.29 is 9.84 Å². The largest absolute Gasteiger partial charge is 0.390 e. The molecule has 96 valence electrons. The van der Waals surface area contributed by atoms with Gasteiger partial charge in [0.15, 0.2) is 0 Å². The van der Waals surface area contributed by atoms with E-state index in [1.807, 2.05) is 30.3 Å². The summed E-state index contributed by atoms with van der Waals surface area (Å²) in [7, 11) is 0. The molecule has 0 bridgehead atoms. The second kappa shape index (κ2) is 6.11. The Morgan fingerprint density at radius 1 is 1.44 bits per heavy atom. The van der Waals surface area contributed by atoms with Crippen molar-refractivity contribution in [1.29, 1.82) is 0 Å². The van der Waals surface area contributed by atoms with Gasteiger partial charge in [0.2, 0.25) is 0 Å². The standard InChI is InChI=1S/C12H15N3O2S/c1-8-12(16)10(14-15-13)7-11(17-8)18-9-5-3-2-4-6-9/h2-6,8,10-12,16H,7H2,1H3/t8-,10-,11-,12+/m0/s1. The van der Waals surface area contributed by atoms with E-state index >= 15 is 0 Å². The van der Waals surface area contributed by atoms with Gasteiger partial charge in [0.05, 0.1) is 18.2 Å². The molecule has 0 unspecified atom stereocenters. The fourth-order valence-electron chi connectivity index (χ4n) is 1.93. The Balaban J connectivity index is 2.04. The fourth-order valence-corrected chi connectivity index (χ4v) is 3.08. The van der Waals surface area contributed by atoms with E-state index in [1.54, 1.807) is 18.7 Å². The fraction of sp³-hybridized carbons (Fsp3) is 0.500. The summed E-state index contributed by atoms with van der Waals surface area (Å²) in [5.74, 6) is 0. The van der Waals surface area contributed by atoms with Crippen LogP contribution in [0.4, 0.5) is 0 Å². The molecule has 1 heterocycles. The van der Waals surface area contributed by atoms with Crippen LogP contribution in [0.25, 0.3) is 10.4 Å². The van der Waals surface area contributed by atoms with E-state index in [0.29, 0.717) is 6.42 Å². The third-order valence-electron chi connectivity index (χ3n) is 2.89. The Kier molecular flexibility index (Phi) is 4.49. The lowest BCUT2D eigenvalue weighted by Gasteiger charge is -2.35. The zero-order valence-electron chi connectivity index (χ0n) is 10.0. The van der Waals surface area contributed by atoms with Gasteiger partial charge >= 0.3 is 0 Å². The lowest BCUT2D eigenvalue weighted by Crippen LogP contribution is -2.44. The highest BCUT2D eigenvalue weighted by Gasteiger charge is 2.35. The molecule has 0 spiro atoms. The summed E-state index contributed by atoms with van der Waals surface area (Å²) in [5, 5.41) is 13.5. The van der Waals surface area contributed by atoms with Crippen LogP contribution in [0.1, 0.15) is 13.3 Å². The molecule has 0 aliphatic carbocycles. The van der Waals surface area contributed by atoms with Crippen molar-refractivity contribution in [1.82, 2.24) is 0 Å². The summed E-state index contributed by atoms with van der Waals surface area (Å²) in [6.07, 6.45) is -0.529. The molecule has 18 heavy (non-hydrogen) atoms. The molecular formula is C12H15N3O2S. The van der Waals surface area contributed by atoms with Gasteiger partial charge in [0.25, 0.3) is 0 Å². The van der Waals surface area contributed by atoms with Gasteiger partial charge in [-0.1, -0.05) is 35.1 Å². The topological polar surface area (TPSA) is 78.2 Å². The van der Waals surface area contributed by atoms with E-state index < -0.39 is 12.1 Å². The Labute approximate surface area is 110 Å². The minimum atomic E-state index is -0.728. The maximum atomic E-state index is 9.85. The average molecular weight is 265 g/mol. The van der Waals surface area contributed by atoms with Crippen LogP contribution in [0.15, 0.2) is 40.3 Å². The van der Waals surface area contributed by atoms with Gasteiger partial charge in [0, 0.05) is 9.81 Å². The maximum absolute atomic E-state index is 9.85. The molecule has 2 rings (SSSR count). The quantitative estimate of drug-likeness (QED) is 0.518. The van der Waals surface area contributed by atoms with Crippen molar-refractivity contribution in [2.45, 2.75) is 41.9 Å². The van der Waals surface area contributed by atoms with Crippen molar-refractivity contribution >= 4 is 11.8 Å². The van der Waals surface area contributed by atoms with E-state index in [-0.39, 0.29) is 11.5 Å². The molecule has 0 saturated carbocycles. The molecule has 1 aromatic rings. The van der Waals surface area contributed by atoms with Crippen LogP contribution in [0.2, 0.25) is 0 Å². The van der Waals surface area contributed by atoms with Crippen molar-refractivity contribution in [3.63, 3.8) is 0 Å². The molecule has 4 atom stereocenters. The van der Waals surface area contributed by atoms with Crippen LogP contribution in [0.3, 0.4) is 0 Å². The van der Waals surface area contributed by atoms with Crippen LogP contribution in [0, 0.1) is 0 Å². The number of benzene rings is 1. The monoisotopic (exact) mass is 265 g/mol. The normalized spacial score (nSPS) is 31.7. The second-order valence-electron chi connectivity index (χ2n) is 4.20. The van der Waals surface area contributed by atoms with Crippen LogP contribution in [-0.4, -0.2) is 28.8 Å². The number of thioether (sulfide) groups is 1. The predicted octanol–water partition coefficient (Wildman–Crippen LogP) is 2.95. The number of rotatable bonds is 3. The van der Waals surface area contributed by atoms with E-state index in [1.165, 1.54) is 0 Å². The number of ether oxygens (including phenoxy) is 1. The Bertz CT molecular complexity index is 436. The SMILES string of the molecule is C[C@@H]1O[C@@H](Sc2ccccc2)C[C@H](N=[N+]=[N-])[C@@H]1O. The van der Waals surface area contributed by atoms with Crippen molar-refractivity contribution in [3.8, 4) is 0 Å². The highest BCUT2D eigenvalue weighted by atomic mass is 32.2. The maximum Gasteiger partial charge on any atom is 0.108 e. The number of aliphatic hydroxyl groups is 1. The Hall–Kier alpha value is -1.20. The predicted molar refractivity (Wildman–Crippen MR) is 70.2 cm³/mol. The summed E-state index contributed by atoms with van der Waals surface area (Å²) in [6, 6.07) is 9.49. The third-order valence-corrected chi connectivity index (χ3v) is 4.00. The van der Waals surface area contributed by atoms with Gasteiger partial charge in [-0.25, -0.2) is 0 Å². The molecule has 0 amide bonds. The van der Waals surface area contributed by atoms with E-state index in [2.05, 4.69) is 10.0 Å². The second-order valence-corrected chi connectivity index (χ2v) is 5.43. The molecule has 0 radical (unpaired) electrons. The smallest absolute Gasteiger partial charge is 0.108 e. The van der Waals surface area contributed by atoms with E-state index in [0.717, 1.165) is 4.90 Å². The first-order valence-corrected chi connectivity index (χ1v) is 6.68. The highest BCUT2D eigenvalue weighted by molar-refractivity contribution is 7.99. The lowest BCUT2D eigenvalue weighted by atomic mass is 10.0. The summed E-state index contributed by atoms with van der Waals surface area (Å²) < 4.78 is 5.71. The molecule has 1 aliphatic heterocycles. The van der Waals surface area contributed by atoms with Gasteiger partial charge in [0.1, 0.15) is 5.44 Å². The molecule has 6 heteroatoms. The zero-order valence-corrected chi connectivity index (χ0v) is 10.8. The molecule has 1 saturated heterocycles. The first-order valence-electron chi connectivity index (χ1n) is 5.80. The first kappa shape index (κ1) is 13.2. The van der Waals surface area contributed by atoms with E-state index in [4.69, 9.17) is 10.3 Å². The van der Waals surface area contributed by atoms with Crippen LogP contribution < -0.4 is 0 Å². The summed E-state index contributed by atoms with van der Waals surface area (Å²) in [4.78, 5) is 3.89. The molecule has 5 nitrogen and oxygen atoms in total. The summed E-state index contributed by atoms with van der Waals surface area (Å²) >= 11 is 1.58. The summed E-state index contributed by atoms with van der Waals surface area (Å²) in [5.41, 5.74) is 8.40. The third kappa shape index (κ3) is 3.17. The Morgan fingerprint density at radius 3 is 2.83 bits per heavy atom. The molecule has 0 aromatic heterocycles. The number of hydrogen-bond donors (Lipinski definition) is 1. The number of hydrogen-bond acceptors (Lipinski definition) is 4. The van der Waals surface area contributed by atoms with Crippen LogP contribution in [-0.2, 0) is 4.74 Å². The number of aliphatic hydroxyl groups excluding tert-OH is 1. The highest BCUT2D eigenvalue weighted by Crippen LogP contribution is 2.33. The lowest BCUT2D eigenvalue weighted by molar-refractivity contribution is -0.0866. The van der Waals surface area contributed by atoms with Crippen molar-refractivity contribution in [3.05, 3.63) is 40.8 Å². The first-order chi connectivity index (χ1) is 8.70. The molecule has 1 aromatic carbocycles. The minimum Gasteiger partial charge on any atom is -0.390 e. The van der Waals surface area contributed by atoms with Gasteiger partial charge in [-0.3, -0.25) is 0 Å². The minimum absolute atomic E-state index is 0.0960. The van der Waals surface area contributed by atoms with Gasteiger partial charge in [-0.05, 0) is 31.0 Å². The number of azide groups is 1. The van der Waals surface area contributed by atoms with Gasteiger partial charge in [-0.15, -0.1) is 0 Å².